The van der Waals surface area contributed by atoms with Crippen molar-refractivity contribution < 1.29 is 14.6 Å². The van der Waals surface area contributed by atoms with Crippen LogP contribution in [0.4, 0.5) is 0 Å². The summed E-state index contributed by atoms with van der Waals surface area (Å²) in [5.74, 6) is -0.0563. The van der Waals surface area contributed by atoms with E-state index in [0.717, 1.165) is 31.4 Å². The van der Waals surface area contributed by atoms with Gasteiger partial charge in [0.2, 0.25) is 0 Å². The van der Waals surface area contributed by atoms with Gasteiger partial charge in [0, 0.05) is 12.2 Å². The smallest absolute Gasteiger partial charge is 0.251 e. The van der Waals surface area contributed by atoms with E-state index in [1.54, 1.807) is 13.8 Å². The SMILES string of the molecule is CC1=C(C)C(O)N(CC2CCCCO2)C1=O. The lowest BCUT2D eigenvalue weighted by Gasteiger charge is -2.29. The van der Waals surface area contributed by atoms with Crippen LogP contribution in [-0.4, -0.2) is 41.4 Å². The third-order valence-electron chi connectivity index (χ3n) is 3.53. The van der Waals surface area contributed by atoms with Crippen molar-refractivity contribution in [1.29, 1.82) is 0 Å². The molecule has 0 aromatic rings. The van der Waals surface area contributed by atoms with E-state index in [2.05, 4.69) is 0 Å². The lowest BCUT2D eigenvalue weighted by molar-refractivity contribution is -0.135. The first kappa shape index (κ1) is 11.6. The number of hydrogen-bond acceptors (Lipinski definition) is 3. The normalized spacial score (nSPS) is 31.4. The molecular formula is C12H19NO3. The molecule has 0 aliphatic carbocycles. The molecule has 2 atom stereocenters. The molecule has 2 aliphatic rings. The highest BCUT2D eigenvalue weighted by Gasteiger charge is 2.35. The topological polar surface area (TPSA) is 49.8 Å². The number of carbonyl (C=O) groups excluding carboxylic acids is 1. The Labute approximate surface area is 95.9 Å². The van der Waals surface area contributed by atoms with Crippen molar-refractivity contribution in [3.63, 3.8) is 0 Å². The van der Waals surface area contributed by atoms with Crippen molar-refractivity contribution in [3.05, 3.63) is 11.1 Å². The average molecular weight is 225 g/mol. The number of rotatable bonds is 2. The zero-order valence-corrected chi connectivity index (χ0v) is 9.90. The first-order valence-corrected chi connectivity index (χ1v) is 5.89. The fraction of sp³-hybridized carbons (Fsp3) is 0.750. The maximum Gasteiger partial charge on any atom is 0.251 e. The Hall–Kier alpha value is -0.870. The first-order chi connectivity index (χ1) is 7.61. The predicted molar refractivity (Wildman–Crippen MR) is 59.7 cm³/mol. The minimum atomic E-state index is -0.752. The van der Waals surface area contributed by atoms with Crippen LogP contribution >= 0.6 is 0 Å². The monoisotopic (exact) mass is 225 g/mol. The van der Waals surface area contributed by atoms with Gasteiger partial charge in [0.25, 0.3) is 5.91 Å². The number of aliphatic hydroxyl groups is 1. The van der Waals surface area contributed by atoms with Crippen molar-refractivity contribution in [2.45, 2.75) is 45.4 Å². The summed E-state index contributed by atoms with van der Waals surface area (Å²) in [6.45, 7) is 4.85. The number of carbonyl (C=O) groups is 1. The highest BCUT2D eigenvalue weighted by Crippen LogP contribution is 2.25. The van der Waals surface area contributed by atoms with E-state index in [1.807, 2.05) is 0 Å². The molecule has 2 aliphatic heterocycles. The van der Waals surface area contributed by atoms with Crippen molar-refractivity contribution in [3.8, 4) is 0 Å². The van der Waals surface area contributed by atoms with Gasteiger partial charge in [-0.15, -0.1) is 0 Å². The minimum Gasteiger partial charge on any atom is -0.376 e. The Morgan fingerprint density at radius 2 is 2.19 bits per heavy atom. The quantitative estimate of drug-likeness (QED) is 0.764. The minimum absolute atomic E-state index is 0.0563. The molecule has 0 aromatic carbocycles. The lowest BCUT2D eigenvalue weighted by atomic mass is 10.1. The molecule has 90 valence electrons. The number of ether oxygens (including phenoxy) is 1. The zero-order chi connectivity index (χ0) is 11.7. The van der Waals surface area contributed by atoms with Crippen molar-refractivity contribution in [2.75, 3.05) is 13.2 Å². The van der Waals surface area contributed by atoms with Crippen molar-refractivity contribution >= 4 is 5.91 Å². The highest BCUT2D eigenvalue weighted by atomic mass is 16.5. The molecule has 4 nitrogen and oxygen atoms in total. The molecule has 2 unspecified atom stereocenters. The number of amides is 1. The summed E-state index contributed by atoms with van der Waals surface area (Å²) in [5.41, 5.74) is 1.43. The van der Waals surface area contributed by atoms with Crippen LogP contribution in [0.15, 0.2) is 11.1 Å². The van der Waals surface area contributed by atoms with Crippen LogP contribution in [0.25, 0.3) is 0 Å². The van der Waals surface area contributed by atoms with Gasteiger partial charge in [-0.2, -0.15) is 0 Å². The molecule has 0 bridgehead atoms. The van der Waals surface area contributed by atoms with Crippen LogP contribution in [0.2, 0.25) is 0 Å². The Morgan fingerprint density at radius 1 is 1.44 bits per heavy atom. The molecule has 0 saturated carbocycles. The van der Waals surface area contributed by atoms with Crippen molar-refractivity contribution in [2.24, 2.45) is 0 Å². The van der Waals surface area contributed by atoms with Crippen LogP contribution in [-0.2, 0) is 9.53 Å². The largest absolute Gasteiger partial charge is 0.376 e. The summed E-state index contributed by atoms with van der Waals surface area (Å²) in [5, 5.41) is 9.92. The molecule has 1 saturated heterocycles. The molecule has 16 heavy (non-hydrogen) atoms. The van der Waals surface area contributed by atoms with E-state index in [1.165, 1.54) is 4.90 Å². The lowest BCUT2D eigenvalue weighted by Crippen LogP contribution is -2.42. The molecule has 4 heteroatoms. The summed E-state index contributed by atoms with van der Waals surface area (Å²) in [6, 6.07) is 0. The molecule has 2 heterocycles. The van der Waals surface area contributed by atoms with Gasteiger partial charge >= 0.3 is 0 Å². The summed E-state index contributed by atoms with van der Waals surface area (Å²) in [6.07, 6.45) is 2.57. The van der Waals surface area contributed by atoms with Gasteiger partial charge < -0.3 is 14.7 Å². The van der Waals surface area contributed by atoms with Crippen LogP contribution in [0.5, 0.6) is 0 Å². The Morgan fingerprint density at radius 3 is 2.69 bits per heavy atom. The summed E-state index contributed by atoms with van der Waals surface area (Å²) < 4.78 is 5.58. The molecule has 1 fully saturated rings. The number of aliphatic hydroxyl groups excluding tert-OH is 1. The van der Waals surface area contributed by atoms with Crippen LogP contribution in [0.3, 0.4) is 0 Å². The fourth-order valence-corrected chi connectivity index (χ4v) is 2.28. The zero-order valence-electron chi connectivity index (χ0n) is 9.90. The average Bonchev–Trinajstić information content (AvgIpc) is 2.48. The summed E-state index contributed by atoms with van der Waals surface area (Å²) in [7, 11) is 0. The fourth-order valence-electron chi connectivity index (χ4n) is 2.28. The van der Waals surface area contributed by atoms with Gasteiger partial charge in [-0.3, -0.25) is 4.79 Å². The van der Waals surface area contributed by atoms with Crippen LogP contribution in [0.1, 0.15) is 33.1 Å². The van der Waals surface area contributed by atoms with Gasteiger partial charge in [0.15, 0.2) is 6.23 Å². The van der Waals surface area contributed by atoms with Gasteiger partial charge in [-0.05, 0) is 38.7 Å². The highest BCUT2D eigenvalue weighted by molar-refractivity contribution is 5.96. The van der Waals surface area contributed by atoms with Crippen LogP contribution in [0, 0.1) is 0 Å². The van der Waals surface area contributed by atoms with Crippen LogP contribution < -0.4 is 0 Å². The van der Waals surface area contributed by atoms with E-state index >= 15 is 0 Å². The first-order valence-electron chi connectivity index (χ1n) is 5.89. The molecular weight excluding hydrogens is 206 g/mol. The van der Waals surface area contributed by atoms with E-state index in [9.17, 15) is 9.90 Å². The second-order valence-electron chi connectivity index (χ2n) is 4.63. The molecule has 0 spiro atoms. The van der Waals surface area contributed by atoms with Gasteiger partial charge in [0.05, 0.1) is 12.6 Å². The van der Waals surface area contributed by atoms with E-state index in [-0.39, 0.29) is 12.0 Å². The maximum absolute atomic E-state index is 11.9. The Bertz CT molecular complexity index is 318. The van der Waals surface area contributed by atoms with E-state index in [4.69, 9.17) is 4.74 Å². The molecule has 1 amide bonds. The third-order valence-corrected chi connectivity index (χ3v) is 3.53. The van der Waals surface area contributed by atoms with E-state index in [0.29, 0.717) is 12.1 Å². The Balaban J connectivity index is 1.98. The Kier molecular flexibility index (Phi) is 3.30. The predicted octanol–water partition coefficient (Wildman–Crippen LogP) is 1.05. The third kappa shape index (κ3) is 1.99. The summed E-state index contributed by atoms with van der Waals surface area (Å²) >= 11 is 0. The summed E-state index contributed by atoms with van der Waals surface area (Å²) in [4.78, 5) is 13.4. The van der Waals surface area contributed by atoms with Gasteiger partial charge in [-0.25, -0.2) is 0 Å². The maximum atomic E-state index is 11.9. The standard InChI is InChI=1S/C12H19NO3/c1-8-9(2)12(15)13(11(8)14)7-10-5-3-4-6-16-10/h10-11,14H,3-7H2,1-2H3. The second-order valence-corrected chi connectivity index (χ2v) is 4.63. The second kappa shape index (κ2) is 4.55. The van der Waals surface area contributed by atoms with Crippen molar-refractivity contribution in [1.82, 2.24) is 4.90 Å². The molecule has 2 rings (SSSR count). The van der Waals surface area contributed by atoms with E-state index < -0.39 is 6.23 Å². The number of nitrogens with zero attached hydrogens (tertiary/aromatic N) is 1. The molecule has 0 aromatic heterocycles. The number of hydrogen-bond donors (Lipinski definition) is 1. The molecule has 0 radical (unpaired) electrons. The molecule has 1 N–H and O–H groups in total. The van der Waals surface area contributed by atoms with Gasteiger partial charge in [0.1, 0.15) is 0 Å². The van der Waals surface area contributed by atoms with Gasteiger partial charge in [-0.1, -0.05) is 0 Å².